The molecular formula is C30H58BBrF4N4. The molecule has 2 aromatic heterocycles. The summed E-state index contributed by atoms with van der Waals surface area (Å²) in [5, 5.41) is 0. The van der Waals surface area contributed by atoms with Crippen molar-refractivity contribution in [1.29, 1.82) is 0 Å². The van der Waals surface area contributed by atoms with E-state index in [1.54, 1.807) is 0 Å². The fourth-order valence-electron chi connectivity index (χ4n) is 4.50. The van der Waals surface area contributed by atoms with Gasteiger partial charge in [0.1, 0.15) is 24.8 Å². The predicted octanol–water partition coefficient (Wildman–Crippen LogP) is 5.83. The highest BCUT2D eigenvalue weighted by Gasteiger charge is 2.20. The van der Waals surface area contributed by atoms with E-state index < -0.39 is 7.25 Å². The largest absolute Gasteiger partial charge is 1.00 e. The number of halogens is 5. The lowest BCUT2D eigenvalue weighted by Crippen LogP contribution is -3.00. The van der Waals surface area contributed by atoms with Crippen LogP contribution in [0.1, 0.15) is 128 Å². The van der Waals surface area contributed by atoms with Crippen molar-refractivity contribution in [2.75, 3.05) is 0 Å². The highest BCUT2D eigenvalue weighted by atomic mass is 79.9. The molecule has 4 nitrogen and oxygen atoms in total. The molecule has 0 amide bonds. The van der Waals surface area contributed by atoms with E-state index in [1.807, 2.05) is 0 Å². The molecule has 0 unspecified atom stereocenters. The molecule has 0 aromatic carbocycles. The Morgan fingerprint density at radius 1 is 0.550 bits per heavy atom. The van der Waals surface area contributed by atoms with Crippen molar-refractivity contribution >= 4 is 7.25 Å². The van der Waals surface area contributed by atoms with Crippen LogP contribution in [0.3, 0.4) is 0 Å². The lowest BCUT2D eigenvalue weighted by Gasteiger charge is -2.01. The average Bonchev–Trinajstić information content (AvgIpc) is 3.37. The summed E-state index contributed by atoms with van der Waals surface area (Å²) in [6.45, 7) is 11.3. The zero-order valence-electron chi connectivity index (χ0n) is 26.3. The van der Waals surface area contributed by atoms with E-state index in [0.717, 1.165) is 0 Å². The molecule has 0 aliphatic heterocycles. The summed E-state index contributed by atoms with van der Waals surface area (Å²) in [5.74, 6) is 2.71. The SMILES string of the molecule is CCCCCCCCCCn1cc[n+](C)c1C.CCCCCCCCCCn1cc[n+](C)c1C.F[B-](F)(F)F.[Br-]. The van der Waals surface area contributed by atoms with Crippen molar-refractivity contribution in [2.24, 2.45) is 14.1 Å². The first-order valence-corrected chi connectivity index (χ1v) is 15.4. The molecule has 2 aromatic rings. The molecule has 0 fully saturated rings. The van der Waals surface area contributed by atoms with Crippen molar-refractivity contribution in [3.63, 3.8) is 0 Å². The van der Waals surface area contributed by atoms with Crippen LogP contribution in [0.5, 0.6) is 0 Å². The molecule has 0 radical (unpaired) electrons. The van der Waals surface area contributed by atoms with E-state index in [-0.39, 0.29) is 17.0 Å². The van der Waals surface area contributed by atoms with Gasteiger partial charge in [0.2, 0.25) is 0 Å². The van der Waals surface area contributed by atoms with Crippen LogP contribution >= 0.6 is 0 Å². The third-order valence-corrected chi connectivity index (χ3v) is 7.30. The van der Waals surface area contributed by atoms with Crippen molar-refractivity contribution in [3.05, 3.63) is 36.4 Å². The third kappa shape index (κ3) is 23.4. The second kappa shape index (κ2) is 25.4. The van der Waals surface area contributed by atoms with E-state index in [0.29, 0.717) is 0 Å². The number of rotatable bonds is 18. The fourth-order valence-corrected chi connectivity index (χ4v) is 4.50. The zero-order chi connectivity index (χ0) is 29.5. The molecule has 0 saturated heterocycles. The molecule has 0 saturated carbocycles. The summed E-state index contributed by atoms with van der Waals surface area (Å²) in [4.78, 5) is 0. The van der Waals surface area contributed by atoms with E-state index in [4.69, 9.17) is 0 Å². The molecule has 10 heteroatoms. The smallest absolute Gasteiger partial charge is 0.673 e. The van der Waals surface area contributed by atoms with Gasteiger partial charge in [0.15, 0.2) is 0 Å². The lowest BCUT2D eigenvalue weighted by atomic mass is 10.1. The molecule has 0 aliphatic rings. The van der Waals surface area contributed by atoms with Crippen molar-refractivity contribution in [3.8, 4) is 0 Å². The molecule has 2 rings (SSSR count). The van der Waals surface area contributed by atoms with E-state index in [9.17, 15) is 17.3 Å². The van der Waals surface area contributed by atoms with E-state index in [1.165, 1.54) is 127 Å². The quantitative estimate of drug-likeness (QED) is 0.0845. The molecule has 0 bridgehead atoms. The molecule has 236 valence electrons. The fraction of sp³-hybridized carbons (Fsp3) is 0.800. The van der Waals surface area contributed by atoms with Crippen LogP contribution in [0.4, 0.5) is 17.3 Å². The number of hydrogen-bond acceptors (Lipinski definition) is 0. The van der Waals surface area contributed by atoms with Crippen molar-refractivity contribution in [2.45, 2.75) is 144 Å². The summed E-state index contributed by atoms with van der Waals surface area (Å²) < 4.78 is 48.1. The molecule has 0 atom stereocenters. The van der Waals surface area contributed by atoms with Crippen LogP contribution < -0.4 is 26.1 Å². The molecule has 40 heavy (non-hydrogen) atoms. The number of nitrogens with zero attached hydrogens (tertiary/aromatic N) is 4. The number of unbranched alkanes of at least 4 members (excludes halogenated alkanes) is 14. The number of hydrogen-bond donors (Lipinski definition) is 0. The molecule has 2 heterocycles. The van der Waals surface area contributed by atoms with Crippen LogP contribution in [0.15, 0.2) is 24.8 Å². The van der Waals surface area contributed by atoms with Crippen LogP contribution in [0.25, 0.3) is 0 Å². The first kappa shape index (κ1) is 40.8. The molecule has 0 aliphatic carbocycles. The predicted molar refractivity (Wildman–Crippen MR) is 156 cm³/mol. The Labute approximate surface area is 253 Å². The Bertz CT molecular complexity index is 772. The minimum Gasteiger partial charge on any atom is -1.00 e. The maximum atomic E-state index is 9.75. The Balaban J connectivity index is 0. The third-order valence-electron chi connectivity index (χ3n) is 7.30. The van der Waals surface area contributed by atoms with Gasteiger partial charge in [0.25, 0.3) is 11.6 Å². The number of aryl methyl sites for hydroxylation is 4. The minimum absolute atomic E-state index is 0. The first-order chi connectivity index (χ1) is 18.5. The van der Waals surface area contributed by atoms with Gasteiger partial charge in [-0.05, 0) is 25.7 Å². The Kier molecular flexibility index (Phi) is 25.9. The van der Waals surface area contributed by atoms with Gasteiger partial charge in [-0.2, -0.15) is 0 Å². The Hall–Kier alpha value is -1.32. The van der Waals surface area contributed by atoms with Crippen LogP contribution in [-0.4, -0.2) is 16.4 Å². The van der Waals surface area contributed by atoms with Gasteiger partial charge in [0, 0.05) is 13.8 Å². The molecular weight excluding hydrogens is 583 g/mol. The topological polar surface area (TPSA) is 17.6 Å². The second-order valence-corrected chi connectivity index (χ2v) is 10.7. The Morgan fingerprint density at radius 3 is 1.02 bits per heavy atom. The molecule has 0 spiro atoms. The van der Waals surface area contributed by atoms with Crippen molar-refractivity contribution in [1.82, 2.24) is 9.13 Å². The summed E-state index contributed by atoms with van der Waals surface area (Å²) in [7, 11) is -1.78. The number of imidazole rings is 2. The van der Waals surface area contributed by atoms with Crippen LogP contribution in [0.2, 0.25) is 0 Å². The summed E-state index contributed by atoms with van der Waals surface area (Å²) >= 11 is 0. The minimum atomic E-state index is -6.00. The zero-order valence-corrected chi connectivity index (χ0v) is 27.9. The van der Waals surface area contributed by atoms with Gasteiger partial charge in [0.05, 0.1) is 27.2 Å². The van der Waals surface area contributed by atoms with Gasteiger partial charge in [-0.1, -0.05) is 90.9 Å². The standard InChI is InChI=1S/2C15H29N2.BF4.BrH/c2*1-4-5-6-7-8-9-10-11-12-17-14-13-16(3)15(17)2;2-1(3,4)5;/h2*13-14H,4-12H2,1-3H3;;1H/q2*+1;-1;/p-1. The monoisotopic (exact) mass is 640 g/mol. The summed E-state index contributed by atoms with van der Waals surface area (Å²) in [6, 6.07) is 0. The summed E-state index contributed by atoms with van der Waals surface area (Å²) in [5.41, 5.74) is 0. The number of aromatic nitrogens is 4. The first-order valence-electron chi connectivity index (χ1n) is 15.4. The maximum Gasteiger partial charge on any atom is 0.673 e. The van der Waals surface area contributed by atoms with E-state index in [2.05, 4.69) is 84.8 Å². The van der Waals surface area contributed by atoms with Gasteiger partial charge < -0.3 is 34.2 Å². The maximum absolute atomic E-state index is 9.75. The van der Waals surface area contributed by atoms with Gasteiger partial charge >= 0.3 is 7.25 Å². The lowest BCUT2D eigenvalue weighted by molar-refractivity contribution is -0.677. The van der Waals surface area contributed by atoms with Gasteiger partial charge in [-0.25, -0.2) is 18.3 Å². The molecule has 0 N–H and O–H groups in total. The average molecular weight is 642 g/mol. The summed E-state index contributed by atoms with van der Waals surface area (Å²) in [6.07, 6.45) is 31.0. The van der Waals surface area contributed by atoms with Crippen LogP contribution in [0, 0.1) is 13.8 Å². The highest BCUT2D eigenvalue weighted by molar-refractivity contribution is 6.50. The van der Waals surface area contributed by atoms with Crippen LogP contribution in [-0.2, 0) is 27.2 Å². The van der Waals surface area contributed by atoms with Gasteiger partial charge in [-0.3, -0.25) is 0 Å². The van der Waals surface area contributed by atoms with Crippen molar-refractivity contribution < 1.29 is 43.4 Å². The van der Waals surface area contributed by atoms with E-state index >= 15 is 0 Å². The van der Waals surface area contributed by atoms with Gasteiger partial charge in [-0.15, -0.1) is 0 Å². The second-order valence-electron chi connectivity index (χ2n) is 10.7. The highest BCUT2D eigenvalue weighted by Crippen LogP contribution is 2.10. The normalized spacial score (nSPS) is 10.8. The Morgan fingerprint density at radius 2 is 0.800 bits per heavy atom.